The normalized spacial score (nSPS) is 13.1. The number of rotatable bonds is 3. The third-order valence-electron chi connectivity index (χ3n) is 2.82. The van der Waals surface area contributed by atoms with Gasteiger partial charge in [0, 0.05) is 11.6 Å². The van der Waals surface area contributed by atoms with Crippen LogP contribution >= 0.6 is 0 Å². The first-order valence-electron chi connectivity index (χ1n) is 5.70. The zero-order chi connectivity index (χ0) is 13.9. The Morgan fingerprint density at radius 1 is 1.05 bits per heavy atom. The fourth-order valence-corrected chi connectivity index (χ4v) is 2.03. The van der Waals surface area contributed by atoms with Gasteiger partial charge < -0.3 is 4.74 Å². The molecular formula is C15H12F3O. The summed E-state index contributed by atoms with van der Waals surface area (Å²) in [5.74, 6) is -1.59. The van der Waals surface area contributed by atoms with Gasteiger partial charge in [-0.05, 0) is 5.56 Å². The molecule has 0 saturated carbocycles. The van der Waals surface area contributed by atoms with E-state index in [0.29, 0.717) is 0 Å². The summed E-state index contributed by atoms with van der Waals surface area (Å²) in [5, 5.41) is 0. The minimum absolute atomic E-state index is 0.0729. The monoisotopic (exact) mass is 265 g/mol. The molecular weight excluding hydrogens is 253 g/mol. The van der Waals surface area contributed by atoms with Crippen LogP contribution in [-0.4, -0.2) is 13.3 Å². The minimum atomic E-state index is -4.39. The summed E-state index contributed by atoms with van der Waals surface area (Å²) in [7, 11) is 1.34. The summed E-state index contributed by atoms with van der Waals surface area (Å²) in [4.78, 5) is 0. The van der Waals surface area contributed by atoms with Gasteiger partial charge in [-0.25, -0.2) is 0 Å². The smallest absolute Gasteiger partial charge is 0.399 e. The minimum Gasteiger partial charge on any atom is -0.496 e. The molecule has 19 heavy (non-hydrogen) atoms. The average Bonchev–Trinajstić information content (AvgIpc) is 2.39. The summed E-state index contributed by atoms with van der Waals surface area (Å²) in [6.07, 6.45) is -4.39. The molecule has 4 heteroatoms. The van der Waals surface area contributed by atoms with Crippen molar-refractivity contribution in [3.8, 4) is 5.75 Å². The van der Waals surface area contributed by atoms with Crippen molar-refractivity contribution in [1.82, 2.24) is 0 Å². The number of hydrogen-bond acceptors (Lipinski definition) is 1. The molecule has 0 aliphatic rings. The van der Waals surface area contributed by atoms with Crippen LogP contribution in [0.25, 0.3) is 0 Å². The quantitative estimate of drug-likeness (QED) is 0.808. The zero-order valence-electron chi connectivity index (χ0n) is 10.2. The first-order chi connectivity index (χ1) is 9.04. The number of para-hydroxylation sites is 1. The SMILES string of the molecule is COc1[c]cccc1C(c1ccccc1)C(F)(F)F. The summed E-state index contributed by atoms with van der Waals surface area (Å²) >= 11 is 0. The molecule has 2 aromatic carbocycles. The molecule has 99 valence electrons. The van der Waals surface area contributed by atoms with Crippen LogP contribution in [0.3, 0.4) is 0 Å². The zero-order valence-corrected chi connectivity index (χ0v) is 10.2. The Balaban J connectivity index is 2.56. The molecule has 0 amide bonds. The van der Waals surface area contributed by atoms with Gasteiger partial charge in [-0.15, -0.1) is 0 Å². The molecule has 2 rings (SSSR count). The molecule has 0 N–H and O–H groups in total. The Bertz CT molecular complexity index is 535. The van der Waals surface area contributed by atoms with E-state index in [9.17, 15) is 13.2 Å². The number of hydrogen-bond donors (Lipinski definition) is 0. The summed E-state index contributed by atoms with van der Waals surface area (Å²) in [5.41, 5.74) is 0.261. The lowest BCUT2D eigenvalue weighted by molar-refractivity contribution is -0.141. The molecule has 1 radical (unpaired) electrons. The van der Waals surface area contributed by atoms with Crippen LogP contribution in [0.5, 0.6) is 5.75 Å². The number of methoxy groups -OCH3 is 1. The molecule has 0 fully saturated rings. The molecule has 0 aliphatic carbocycles. The highest BCUT2D eigenvalue weighted by molar-refractivity contribution is 5.42. The van der Waals surface area contributed by atoms with Gasteiger partial charge in [-0.3, -0.25) is 0 Å². The first kappa shape index (κ1) is 13.5. The lowest BCUT2D eigenvalue weighted by atomic mass is 9.90. The molecule has 1 nitrogen and oxygen atoms in total. The second kappa shape index (κ2) is 5.34. The Kier molecular flexibility index (Phi) is 3.79. The maximum Gasteiger partial charge on any atom is 0.399 e. The van der Waals surface area contributed by atoms with E-state index in [1.165, 1.54) is 37.4 Å². The molecule has 0 aliphatic heterocycles. The van der Waals surface area contributed by atoms with Crippen LogP contribution in [0.2, 0.25) is 0 Å². The van der Waals surface area contributed by atoms with Crippen molar-refractivity contribution in [3.05, 3.63) is 65.7 Å². The third kappa shape index (κ3) is 2.89. The van der Waals surface area contributed by atoms with E-state index >= 15 is 0 Å². The average molecular weight is 265 g/mol. The van der Waals surface area contributed by atoms with Crippen molar-refractivity contribution in [2.24, 2.45) is 0 Å². The van der Waals surface area contributed by atoms with Crippen molar-refractivity contribution in [2.45, 2.75) is 12.1 Å². The molecule has 2 aromatic rings. The number of halogens is 3. The maximum atomic E-state index is 13.3. The number of ether oxygens (including phenoxy) is 1. The predicted molar refractivity (Wildman–Crippen MR) is 66.2 cm³/mol. The van der Waals surface area contributed by atoms with Crippen molar-refractivity contribution < 1.29 is 17.9 Å². The summed E-state index contributed by atoms with van der Waals surface area (Å²) < 4.78 is 45.0. The van der Waals surface area contributed by atoms with E-state index in [1.54, 1.807) is 18.2 Å². The highest BCUT2D eigenvalue weighted by Gasteiger charge is 2.43. The van der Waals surface area contributed by atoms with Gasteiger partial charge >= 0.3 is 6.18 Å². The van der Waals surface area contributed by atoms with Gasteiger partial charge in [0.15, 0.2) is 0 Å². The van der Waals surface area contributed by atoms with Crippen LogP contribution in [0.4, 0.5) is 13.2 Å². The molecule has 0 heterocycles. The Morgan fingerprint density at radius 3 is 2.32 bits per heavy atom. The molecule has 1 atom stereocenters. The largest absolute Gasteiger partial charge is 0.496 e. The van der Waals surface area contributed by atoms with E-state index < -0.39 is 12.1 Å². The van der Waals surface area contributed by atoms with Crippen molar-refractivity contribution in [3.63, 3.8) is 0 Å². The van der Waals surface area contributed by atoms with Gasteiger partial charge in [-0.2, -0.15) is 13.2 Å². The standard InChI is InChI=1S/C15H12F3O/c1-19-13-10-6-5-9-12(13)14(15(16,17)18)11-7-3-2-4-8-11/h2-9,14H,1H3. The van der Waals surface area contributed by atoms with Crippen LogP contribution in [0.15, 0.2) is 48.5 Å². The van der Waals surface area contributed by atoms with Gasteiger partial charge in [0.05, 0.1) is 7.11 Å². The topological polar surface area (TPSA) is 9.23 Å². The van der Waals surface area contributed by atoms with Crippen LogP contribution in [0, 0.1) is 6.07 Å². The van der Waals surface area contributed by atoms with E-state index in [-0.39, 0.29) is 16.9 Å². The van der Waals surface area contributed by atoms with Gasteiger partial charge in [0.2, 0.25) is 0 Å². The lowest BCUT2D eigenvalue weighted by Crippen LogP contribution is -2.22. The van der Waals surface area contributed by atoms with Gasteiger partial charge in [0.1, 0.15) is 11.7 Å². The van der Waals surface area contributed by atoms with Crippen LogP contribution in [0.1, 0.15) is 17.0 Å². The first-order valence-corrected chi connectivity index (χ1v) is 5.70. The lowest BCUT2D eigenvalue weighted by Gasteiger charge is -2.22. The van der Waals surface area contributed by atoms with Crippen molar-refractivity contribution in [2.75, 3.05) is 7.11 Å². The molecule has 1 unspecified atom stereocenters. The summed E-state index contributed by atoms with van der Waals surface area (Å²) in [6, 6.07) is 15.0. The van der Waals surface area contributed by atoms with E-state index in [4.69, 9.17) is 4.74 Å². The van der Waals surface area contributed by atoms with Crippen LogP contribution in [-0.2, 0) is 0 Å². The Labute approximate surface area is 109 Å². The maximum absolute atomic E-state index is 13.3. The fourth-order valence-electron chi connectivity index (χ4n) is 2.03. The Morgan fingerprint density at radius 2 is 1.74 bits per heavy atom. The molecule has 0 aromatic heterocycles. The van der Waals surface area contributed by atoms with Crippen molar-refractivity contribution >= 4 is 0 Å². The Hall–Kier alpha value is -1.97. The molecule has 0 spiro atoms. The fraction of sp³-hybridized carbons (Fsp3) is 0.200. The van der Waals surface area contributed by atoms with E-state index in [2.05, 4.69) is 6.07 Å². The highest BCUT2D eigenvalue weighted by Crippen LogP contribution is 2.43. The second-order valence-corrected chi connectivity index (χ2v) is 4.04. The predicted octanol–water partition coefficient (Wildman–Crippen LogP) is 4.19. The number of benzene rings is 2. The molecule has 0 bridgehead atoms. The van der Waals surface area contributed by atoms with Crippen LogP contribution < -0.4 is 4.74 Å². The van der Waals surface area contributed by atoms with E-state index in [1.807, 2.05) is 0 Å². The van der Waals surface area contributed by atoms with Gasteiger partial charge in [0.25, 0.3) is 0 Å². The number of alkyl halides is 3. The van der Waals surface area contributed by atoms with E-state index in [0.717, 1.165) is 0 Å². The molecule has 0 saturated heterocycles. The highest BCUT2D eigenvalue weighted by atomic mass is 19.4. The van der Waals surface area contributed by atoms with Gasteiger partial charge in [-0.1, -0.05) is 48.5 Å². The second-order valence-electron chi connectivity index (χ2n) is 4.04. The summed E-state index contributed by atoms with van der Waals surface area (Å²) in [6.45, 7) is 0. The third-order valence-corrected chi connectivity index (χ3v) is 2.82. The van der Waals surface area contributed by atoms with Crippen molar-refractivity contribution in [1.29, 1.82) is 0 Å².